The number of benzene rings is 2. The predicted octanol–water partition coefficient (Wildman–Crippen LogP) is 4.18. The lowest BCUT2D eigenvalue weighted by Gasteiger charge is -2.11. The van der Waals surface area contributed by atoms with Gasteiger partial charge in [-0.2, -0.15) is 5.10 Å². The molecule has 0 aliphatic carbocycles. The van der Waals surface area contributed by atoms with E-state index in [1.807, 2.05) is 41.2 Å². The molecular formula is C23H23N5O3. The summed E-state index contributed by atoms with van der Waals surface area (Å²) < 4.78 is 1.83. The van der Waals surface area contributed by atoms with Gasteiger partial charge in [0.05, 0.1) is 17.6 Å². The third-order valence-electron chi connectivity index (χ3n) is 5.20. The highest BCUT2D eigenvalue weighted by Crippen LogP contribution is 2.29. The number of rotatable bonds is 6. The number of anilines is 1. The van der Waals surface area contributed by atoms with Crippen LogP contribution < -0.4 is 10.6 Å². The van der Waals surface area contributed by atoms with E-state index in [0.29, 0.717) is 5.69 Å². The molecule has 2 aromatic carbocycles. The smallest absolute Gasteiger partial charge is 0.405 e. The first-order chi connectivity index (χ1) is 14.9. The number of carboxylic acid groups (broad SMARTS) is 1. The number of carbonyl (C=O) groups is 2. The fraction of sp³-hybridized carbons (Fsp3) is 0.174. The van der Waals surface area contributed by atoms with Gasteiger partial charge < -0.3 is 20.7 Å². The summed E-state index contributed by atoms with van der Waals surface area (Å²) in [4.78, 5) is 26.2. The van der Waals surface area contributed by atoms with E-state index in [4.69, 9.17) is 5.11 Å². The maximum Gasteiger partial charge on any atom is 0.405 e. The molecule has 0 aliphatic heterocycles. The molecule has 0 saturated carbocycles. The first-order valence-electron chi connectivity index (χ1n) is 10.0. The zero-order valence-corrected chi connectivity index (χ0v) is 17.2. The second-order valence-corrected chi connectivity index (χ2v) is 7.32. The number of aromatic amines is 1. The minimum atomic E-state index is -1.25. The Kier molecular flexibility index (Phi) is 5.44. The Labute approximate surface area is 178 Å². The van der Waals surface area contributed by atoms with Crippen LogP contribution in [0.2, 0.25) is 0 Å². The number of H-pyrrole nitrogens is 1. The van der Waals surface area contributed by atoms with Crippen LogP contribution in [0.5, 0.6) is 0 Å². The van der Waals surface area contributed by atoms with Crippen LogP contribution in [-0.4, -0.2) is 37.9 Å². The van der Waals surface area contributed by atoms with Gasteiger partial charge in [-0.3, -0.25) is 4.79 Å². The molecule has 0 bridgehead atoms. The van der Waals surface area contributed by atoms with Gasteiger partial charge in [-0.15, -0.1) is 0 Å². The van der Waals surface area contributed by atoms with E-state index in [1.54, 1.807) is 12.4 Å². The van der Waals surface area contributed by atoms with Crippen LogP contribution in [0.25, 0.3) is 27.7 Å². The number of hydrogen-bond donors (Lipinski definition) is 4. The number of carbonyl (C=O) groups excluding carboxylic acids is 1. The Bertz CT molecular complexity index is 1240. The molecule has 4 N–H and O–H groups in total. The Morgan fingerprint density at radius 1 is 1.16 bits per heavy atom. The van der Waals surface area contributed by atoms with E-state index in [2.05, 4.69) is 39.8 Å². The molecule has 4 rings (SSSR count). The van der Waals surface area contributed by atoms with Crippen LogP contribution >= 0.6 is 0 Å². The largest absolute Gasteiger partial charge is 0.465 e. The van der Waals surface area contributed by atoms with Crippen LogP contribution in [0.3, 0.4) is 0 Å². The molecule has 0 fully saturated rings. The first kappa shape index (κ1) is 20.2. The molecule has 158 valence electrons. The number of nitrogens with zero attached hydrogens (tertiary/aromatic N) is 2. The molecule has 0 spiro atoms. The molecule has 1 atom stereocenters. The van der Waals surface area contributed by atoms with E-state index in [9.17, 15) is 9.59 Å². The van der Waals surface area contributed by atoms with Crippen molar-refractivity contribution in [3.8, 4) is 16.8 Å². The summed E-state index contributed by atoms with van der Waals surface area (Å²) in [6.07, 6.45) is 5.21. The van der Waals surface area contributed by atoms with Crippen molar-refractivity contribution in [1.82, 2.24) is 20.1 Å². The fourth-order valence-electron chi connectivity index (χ4n) is 3.39. The fourth-order valence-corrected chi connectivity index (χ4v) is 3.39. The molecule has 1 unspecified atom stereocenters. The maximum atomic E-state index is 12.3. The van der Waals surface area contributed by atoms with Gasteiger partial charge in [0.15, 0.2) is 0 Å². The quantitative estimate of drug-likeness (QED) is 0.377. The van der Waals surface area contributed by atoms with E-state index < -0.39 is 18.0 Å². The van der Waals surface area contributed by atoms with Crippen molar-refractivity contribution in [3.05, 3.63) is 66.6 Å². The molecular weight excluding hydrogens is 394 g/mol. The SMILES string of the molecule is CCc1ccc(-n2cc(-c3ccc4[nH]cc(NC(=O)C(C)NC(=O)O)c4c3)cn2)cc1. The van der Waals surface area contributed by atoms with Crippen molar-refractivity contribution < 1.29 is 14.7 Å². The number of aromatic nitrogens is 3. The van der Waals surface area contributed by atoms with E-state index in [1.165, 1.54) is 12.5 Å². The van der Waals surface area contributed by atoms with Crippen LogP contribution in [0.15, 0.2) is 61.1 Å². The van der Waals surface area contributed by atoms with Crippen molar-refractivity contribution in [1.29, 1.82) is 0 Å². The molecule has 0 aliphatic rings. The van der Waals surface area contributed by atoms with Crippen molar-refractivity contribution in [2.24, 2.45) is 0 Å². The molecule has 2 heterocycles. The summed E-state index contributed by atoms with van der Waals surface area (Å²) >= 11 is 0. The molecule has 2 amide bonds. The van der Waals surface area contributed by atoms with Crippen molar-refractivity contribution in [3.63, 3.8) is 0 Å². The highest BCUT2D eigenvalue weighted by atomic mass is 16.4. The summed E-state index contributed by atoms with van der Waals surface area (Å²) in [5, 5.41) is 19.0. The third-order valence-corrected chi connectivity index (χ3v) is 5.20. The maximum absolute atomic E-state index is 12.3. The number of amides is 2. The summed E-state index contributed by atoms with van der Waals surface area (Å²) in [6.45, 7) is 3.61. The Balaban J connectivity index is 1.59. The third kappa shape index (κ3) is 4.28. The van der Waals surface area contributed by atoms with Gasteiger partial charge in [0, 0.05) is 28.9 Å². The molecule has 8 nitrogen and oxygen atoms in total. The van der Waals surface area contributed by atoms with Crippen molar-refractivity contribution in [2.45, 2.75) is 26.3 Å². The number of aryl methyl sites for hydroxylation is 1. The lowest BCUT2D eigenvalue weighted by molar-refractivity contribution is -0.117. The highest BCUT2D eigenvalue weighted by Gasteiger charge is 2.17. The molecule has 0 saturated heterocycles. The summed E-state index contributed by atoms with van der Waals surface area (Å²) in [5.74, 6) is -0.433. The minimum Gasteiger partial charge on any atom is -0.465 e. The van der Waals surface area contributed by atoms with Crippen molar-refractivity contribution in [2.75, 3.05) is 5.32 Å². The van der Waals surface area contributed by atoms with Crippen LogP contribution in [0, 0.1) is 0 Å². The van der Waals surface area contributed by atoms with Gasteiger partial charge in [-0.25, -0.2) is 9.48 Å². The predicted molar refractivity (Wildman–Crippen MR) is 119 cm³/mol. The number of nitrogens with one attached hydrogen (secondary N) is 3. The van der Waals surface area contributed by atoms with Gasteiger partial charge in [-0.1, -0.05) is 25.1 Å². The van der Waals surface area contributed by atoms with Crippen LogP contribution in [0.1, 0.15) is 19.4 Å². The lowest BCUT2D eigenvalue weighted by Crippen LogP contribution is -2.40. The average molecular weight is 417 g/mol. The van der Waals surface area contributed by atoms with Crippen molar-refractivity contribution >= 4 is 28.6 Å². The van der Waals surface area contributed by atoms with Gasteiger partial charge in [0.2, 0.25) is 5.91 Å². The summed E-state index contributed by atoms with van der Waals surface area (Å²) in [5.41, 5.74) is 5.61. The Morgan fingerprint density at radius 2 is 1.94 bits per heavy atom. The summed E-state index contributed by atoms with van der Waals surface area (Å²) in [7, 11) is 0. The van der Waals surface area contributed by atoms with E-state index in [-0.39, 0.29) is 0 Å². The van der Waals surface area contributed by atoms with Crippen LogP contribution in [-0.2, 0) is 11.2 Å². The zero-order valence-electron chi connectivity index (χ0n) is 17.2. The number of fused-ring (bicyclic) bond motifs is 1. The molecule has 4 aromatic rings. The van der Waals surface area contributed by atoms with Gasteiger partial charge in [-0.05, 0) is 48.7 Å². The second kappa shape index (κ2) is 8.35. The standard InChI is InChI=1S/C23H23N5O3/c1-3-15-4-7-18(8-5-15)28-13-17(11-25-28)16-6-9-20-19(10-16)21(12-24-20)27-22(29)14(2)26-23(30)31/h4-14,24,26H,3H2,1-2H3,(H,27,29)(H,30,31). The van der Waals surface area contributed by atoms with Crippen LogP contribution in [0.4, 0.5) is 10.5 Å². The normalized spacial score (nSPS) is 11.9. The summed E-state index contributed by atoms with van der Waals surface area (Å²) in [6, 6.07) is 13.3. The molecule has 0 radical (unpaired) electrons. The topological polar surface area (TPSA) is 112 Å². The van der Waals surface area contributed by atoms with Gasteiger partial charge in [0.1, 0.15) is 6.04 Å². The molecule has 8 heteroatoms. The average Bonchev–Trinajstić information content (AvgIpc) is 3.41. The number of hydrogen-bond acceptors (Lipinski definition) is 3. The first-order valence-corrected chi connectivity index (χ1v) is 10.0. The highest BCUT2D eigenvalue weighted by molar-refractivity contribution is 6.04. The Morgan fingerprint density at radius 3 is 2.65 bits per heavy atom. The van der Waals surface area contributed by atoms with Gasteiger partial charge in [0.25, 0.3) is 0 Å². The lowest BCUT2D eigenvalue weighted by atomic mass is 10.1. The molecule has 2 aromatic heterocycles. The van der Waals surface area contributed by atoms with Gasteiger partial charge >= 0.3 is 6.09 Å². The zero-order chi connectivity index (χ0) is 22.0. The monoisotopic (exact) mass is 417 g/mol. The van der Waals surface area contributed by atoms with E-state index >= 15 is 0 Å². The second-order valence-electron chi connectivity index (χ2n) is 7.32. The molecule has 31 heavy (non-hydrogen) atoms. The van der Waals surface area contributed by atoms with E-state index in [0.717, 1.165) is 34.1 Å². The minimum absolute atomic E-state index is 0.433. The Hall–Kier alpha value is -4.07.